The SMILES string of the molecule is Cc1ccccc1CN(C)C(=O)Nc1ccc(S(=O)(=O)NC(C)C)cc1. The number of amides is 2. The van der Waals surface area contributed by atoms with Crippen molar-refractivity contribution < 1.29 is 13.2 Å². The van der Waals surface area contributed by atoms with Crippen LogP contribution in [0.2, 0.25) is 0 Å². The van der Waals surface area contributed by atoms with E-state index in [0.29, 0.717) is 12.2 Å². The summed E-state index contributed by atoms with van der Waals surface area (Å²) in [5.74, 6) is 0. The number of benzene rings is 2. The van der Waals surface area contributed by atoms with Crippen molar-refractivity contribution in [2.45, 2.75) is 38.3 Å². The number of urea groups is 1. The zero-order valence-electron chi connectivity index (χ0n) is 15.5. The van der Waals surface area contributed by atoms with Gasteiger partial charge in [-0.3, -0.25) is 0 Å². The summed E-state index contributed by atoms with van der Waals surface area (Å²) in [6.07, 6.45) is 0. The molecule has 0 bridgehead atoms. The van der Waals surface area contributed by atoms with Gasteiger partial charge in [0.25, 0.3) is 0 Å². The van der Waals surface area contributed by atoms with Gasteiger partial charge in [-0.25, -0.2) is 17.9 Å². The van der Waals surface area contributed by atoms with Crippen LogP contribution in [0.4, 0.5) is 10.5 Å². The van der Waals surface area contributed by atoms with Crippen LogP contribution in [0, 0.1) is 6.92 Å². The first-order valence-corrected chi connectivity index (χ1v) is 9.86. The van der Waals surface area contributed by atoms with Crippen LogP contribution in [0.1, 0.15) is 25.0 Å². The lowest BCUT2D eigenvalue weighted by Gasteiger charge is -2.19. The number of rotatable bonds is 6. The molecule has 0 aromatic heterocycles. The fourth-order valence-corrected chi connectivity index (χ4v) is 3.68. The molecule has 7 heteroatoms. The van der Waals surface area contributed by atoms with E-state index in [1.165, 1.54) is 12.1 Å². The first-order valence-electron chi connectivity index (χ1n) is 8.38. The molecular weight excluding hydrogens is 350 g/mol. The summed E-state index contributed by atoms with van der Waals surface area (Å²) in [5, 5.41) is 2.77. The quantitative estimate of drug-likeness (QED) is 0.813. The molecule has 0 aliphatic carbocycles. The minimum atomic E-state index is -3.54. The highest BCUT2D eigenvalue weighted by Gasteiger charge is 2.16. The van der Waals surface area contributed by atoms with Crippen LogP contribution in [-0.2, 0) is 16.6 Å². The molecule has 0 unspecified atom stereocenters. The van der Waals surface area contributed by atoms with Crippen molar-refractivity contribution >= 4 is 21.7 Å². The molecule has 0 fully saturated rings. The van der Waals surface area contributed by atoms with Gasteiger partial charge in [-0.15, -0.1) is 0 Å². The second-order valence-electron chi connectivity index (χ2n) is 6.51. The molecule has 0 saturated carbocycles. The molecule has 2 aromatic carbocycles. The minimum Gasteiger partial charge on any atom is -0.323 e. The maximum atomic E-state index is 12.3. The Bertz CT molecular complexity index is 862. The Balaban J connectivity index is 2.02. The lowest BCUT2D eigenvalue weighted by atomic mass is 10.1. The maximum absolute atomic E-state index is 12.3. The third-order valence-electron chi connectivity index (χ3n) is 3.82. The van der Waals surface area contributed by atoms with Crippen molar-refractivity contribution in [1.29, 1.82) is 0 Å². The first-order chi connectivity index (χ1) is 12.2. The lowest BCUT2D eigenvalue weighted by molar-refractivity contribution is 0.220. The Labute approximate surface area is 155 Å². The molecule has 0 saturated heterocycles. The van der Waals surface area contributed by atoms with Gasteiger partial charge in [0.1, 0.15) is 0 Å². The second-order valence-corrected chi connectivity index (χ2v) is 8.23. The Morgan fingerprint density at radius 3 is 2.27 bits per heavy atom. The van der Waals surface area contributed by atoms with Gasteiger partial charge in [-0.2, -0.15) is 0 Å². The summed E-state index contributed by atoms with van der Waals surface area (Å²) < 4.78 is 26.7. The maximum Gasteiger partial charge on any atom is 0.321 e. The Morgan fingerprint density at radius 2 is 1.69 bits per heavy atom. The van der Waals surface area contributed by atoms with Crippen molar-refractivity contribution in [3.63, 3.8) is 0 Å². The van der Waals surface area contributed by atoms with E-state index in [9.17, 15) is 13.2 Å². The van der Waals surface area contributed by atoms with Crippen molar-refractivity contribution in [1.82, 2.24) is 9.62 Å². The highest BCUT2D eigenvalue weighted by atomic mass is 32.2. The molecule has 140 valence electrons. The predicted octanol–water partition coefficient (Wildman–Crippen LogP) is 3.35. The van der Waals surface area contributed by atoms with E-state index in [1.807, 2.05) is 31.2 Å². The summed E-state index contributed by atoms with van der Waals surface area (Å²) >= 11 is 0. The van der Waals surface area contributed by atoms with Gasteiger partial charge in [0, 0.05) is 25.3 Å². The van der Waals surface area contributed by atoms with Gasteiger partial charge >= 0.3 is 6.03 Å². The van der Waals surface area contributed by atoms with Crippen molar-refractivity contribution in [2.75, 3.05) is 12.4 Å². The van der Waals surface area contributed by atoms with Gasteiger partial charge in [-0.05, 0) is 56.2 Å². The van der Waals surface area contributed by atoms with Gasteiger partial charge in [0.2, 0.25) is 10.0 Å². The fourth-order valence-electron chi connectivity index (χ4n) is 2.43. The Kier molecular flexibility index (Phi) is 6.39. The van der Waals surface area contributed by atoms with Crippen LogP contribution in [0.3, 0.4) is 0 Å². The highest BCUT2D eigenvalue weighted by molar-refractivity contribution is 7.89. The standard InChI is InChI=1S/C19H25N3O3S/c1-14(2)21-26(24,25)18-11-9-17(10-12-18)20-19(23)22(4)13-16-8-6-5-7-15(16)3/h5-12,14,21H,13H2,1-4H3,(H,20,23). The van der Waals surface area contributed by atoms with E-state index in [1.54, 1.807) is 37.9 Å². The number of nitrogens with zero attached hydrogens (tertiary/aromatic N) is 1. The van der Waals surface area contributed by atoms with E-state index < -0.39 is 10.0 Å². The molecule has 2 N–H and O–H groups in total. The average Bonchev–Trinajstić information content (AvgIpc) is 2.56. The number of nitrogens with one attached hydrogen (secondary N) is 2. The normalized spacial score (nSPS) is 11.4. The molecular formula is C19H25N3O3S. The Morgan fingerprint density at radius 1 is 1.08 bits per heavy atom. The van der Waals surface area contributed by atoms with E-state index in [0.717, 1.165) is 11.1 Å². The molecule has 2 amide bonds. The van der Waals surface area contributed by atoms with Crippen molar-refractivity contribution in [3.8, 4) is 0 Å². The summed E-state index contributed by atoms with van der Waals surface area (Å²) in [6.45, 7) is 6.02. The molecule has 0 aliphatic rings. The number of sulfonamides is 1. The van der Waals surface area contributed by atoms with Crippen LogP contribution >= 0.6 is 0 Å². The summed E-state index contributed by atoms with van der Waals surface area (Å²) in [6, 6.07) is 13.6. The lowest BCUT2D eigenvalue weighted by Crippen LogP contribution is -2.31. The topological polar surface area (TPSA) is 78.5 Å². The molecule has 0 atom stereocenters. The average molecular weight is 375 g/mol. The third kappa shape index (κ3) is 5.31. The predicted molar refractivity (Wildman–Crippen MR) is 104 cm³/mol. The van der Waals surface area contributed by atoms with E-state index in [2.05, 4.69) is 10.0 Å². The van der Waals surface area contributed by atoms with Gasteiger partial charge in [0.05, 0.1) is 4.90 Å². The van der Waals surface area contributed by atoms with Gasteiger partial charge in [0.15, 0.2) is 0 Å². The zero-order chi connectivity index (χ0) is 19.3. The minimum absolute atomic E-state index is 0.164. The summed E-state index contributed by atoms with van der Waals surface area (Å²) in [4.78, 5) is 14.1. The van der Waals surface area contributed by atoms with Crippen LogP contribution in [0.25, 0.3) is 0 Å². The van der Waals surface area contributed by atoms with Gasteiger partial charge in [-0.1, -0.05) is 24.3 Å². The molecule has 0 heterocycles. The number of hydrogen-bond donors (Lipinski definition) is 2. The smallest absolute Gasteiger partial charge is 0.321 e. The van der Waals surface area contributed by atoms with Crippen LogP contribution in [-0.4, -0.2) is 32.4 Å². The fraction of sp³-hybridized carbons (Fsp3) is 0.316. The molecule has 0 spiro atoms. The second kappa shape index (κ2) is 8.33. The van der Waals surface area contributed by atoms with E-state index in [4.69, 9.17) is 0 Å². The van der Waals surface area contributed by atoms with Crippen LogP contribution in [0.5, 0.6) is 0 Å². The van der Waals surface area contributed by atoms with Crippen molar-refractivity contribution in [3.05, 3.63) is 59.7 Å². The number of anilines is 1. The molecule has 26 heavy (non-hydrogen) atoms. The van der Waals surface area contributed by atoms with E-state index in [-0.39, 0.29) is 17.0 Å². The molecule has 2 rings (SSSR count). The Hall–Kier alpha value is -2.38. The molecule has 0 aliphatic heterocycles. The number of carbonyl (C=O) groups is 1. The third-order valence-corrected chi connectivity index (χ3v) is 5.50. The largest absolute Gasteiger partial charge is 0.323 e. The zero-order valence-corrected chi connectivity index (χ0v) is 16.3. The van der Waals surface area contributed by atoms with Crippen LogP contribution < -0.4 is 10.0 Å². The molecule has 0 radical (unpaired) electrons. The number of hydrogen-bond acceptors (Lipinski definition) is 3. The number of carbonyl (C=O) groups excluding carboxylic acids is 1. The first kappa shape index (κ1) is 19.9. The van der Waals surface area contributed by atoms with Gasteiger partial charge < -0.3 is 10.2 Å². The number of aryl methyl sites for hydroxylation is 1. The molecule has 6 nitrogen and oxygen atoms in total. The summed E-state index contributed by atoms with van der Waals surface area (Å²) in [7, 11) is -1.82. The molecule has 2 aromatic rings. The monoisotopic (exact) mass is 375 g/mol. The summed E-state index contributed by atoms with van der Waals surface area (Å²) in [5.41, 5.74) is 2.74. The van der Waals surface area contributed by atoms with Crippen molar-refractivity contribution in [2.24, 2.45) is 0 Å². The van der Waals surface area contributed by atoms with Crippen LogP contribution in [0.15, 0.2) is 53.4 Å². The highest BCUT2D eigenvalue weighted by Crippen LogP contribution is 2.16. The van der Waals surface area contributed by atoms with E-state index >= 15 is 0 Å².